The van der Waals surface area contributed by atoms with Crippen LogP contribution in [-0.4, -0.2) is 38.6 Å². The molecular formula is C19H23FN2O2. The van der Waals surface area contributed by atoms with Crippen molar-refractivity contribution in [1.29, 1.82) is 0 Å². The predicted molar refractivity (Wildman–Crippen MR) is 90.1 cm³/mol. The summed E-state index contributed by atoms with van der Waals surface area (Å²) in [4.78, 5) is 17.8. The first-order chi connectivity index (χ1) is 11.5. The van der Waals surface area contributed by atoms with Gasteiger partial charge in [-0.05, 0) is 49.8 Å². The first-order valence-corrected chi connectivity index (χ1v) is 8.79. The molecule has 128 valence electrons. The Morgan fingerprint density at radius 3 is 2.96 bits per heavy atom. The third-order valence-electron chi connectivity index (χ3n) is 5.74. The van der Waals surface area contributed by atoms with Gasteiger partial charge < -0.3 is 15.0 Å². The number of aliphatic hydroxyl groups is 1. The van der Waals surface area contributed by atoms with Crippen LogP contribution in [0, 0.1) is 5.82 Å². The fraction of sp³-hybridized carbons (Fsp3) is 0.526. The molecular weight excluding hydrogens is 307 g/mol. The third-order valence-corrected chi connectivity index (χ3v) is 5.74. The number of fused-ring (bicyclic) bond motifs is 3. The number of aryl methyl sites for hydroxylation is 1. The summed E-state index contributed by atoms with van der Waals surface area (Å²) in [5.74, 6) is -0.121. The fourth-order valence-electron chi connectivity index (χ4n) is 4.54. The van der Waals surface area contributed by atoms with Gasteiger partial charge in [-0.25, -0.2) is 4.39 Å². The Hall–Kier alpha value is -1.88. The summed E-state index contributed by atoms with van der Waals surface area (Å²) in [6.45, 7) is 2.06. The molecule has 24 heavy (non-hydrogen) atoms. The van der Waals surface area contributed by atoms with Gasteiger partial charge in [0.05, 0.1) is 5.60 Å². The van der Waals surface area contributed by atoms with E-state index in [1.807, 2.05) is 11.0 Å². The van der Waals surface area contributed by atoms with Crippen molar-refractivity contribution >= 4 is 16.8 Å². The number of carbonyl (C=O) groups excluding carboxylic acids is 1. The highest BCUT2D eigenvalue weighted by Crippen LogP contribution is 2.47. The Kier molecular flexibility index (Phi) is 3.64. The quantitative estimate of drug-likeness (QED) is 0.905. The maximum Gasteiger partial charge on any atom is 0.223 e. The van der Waals surface area contributed by atoms with E-state index in [4.69, 9.17) is 0 Å². The molecule has 1 unspecified atom stereocenters. The van der Waals surface area contributed by atoms with Crippen LogP contribution in [0.25, 0.3) is 10.9 Å². The molecule has 2 bridgehead atoms. The SMILES string of the molecule is CCC1CC2(O)CC(C2)N1C(=O)CCc1c[nH]c2cccc(F)c12. The van der Waals surface area contributed by atoms with Crippen LogP contribution in [0.1, 0.15) is 44.6 Å². The van der Waals surface area contributed by atoms with Crippen LogP contribution in [0.3, 0.4) is 0 Å². The predicted octanol–water partition coefficient (Wildman–Crippen LogP) is 3.14. The van der Waals surface area contributed by atoms with Crippen LogP contribution in [0.4, 0.5) is 4.39 Å². The number of rotatable bonds is 4. The molecule has 2 N–H and O–H groups in total. The van der Waals surface area contributed by atoms with Crippen LogP contribution in [0.2, 0.25) is 0 Å². The maximum absolute atomic E-state index is 14.0. The average Bonchev–Trinajstić information content (AvgIpc) is 2.95. The zero-order valence-electron chi connectivity index (χ0n) is 13.9. The van der Waals surface area contributed by atoms with Crippen molar-refractivity contribution in [2.24, 2.45) is 0 Å². The minimum atomic E-state index is -0.540. The molecule has 0 spiro atoms. The van der Waals surface area contributed by atoms with Crippen molar-refractivity contribution in [3.63, 3.8) is 0 Å². The van der Waals surface area contributed by atoms with Crippen molar-refractivity contribution in [2.75, 3.05) is 0 Å². The van der Waals surface area contributed by atoms with Crippen LogP contribution in [0.5, 0.6) is 0 Å². The lowest BCUT2D eigenvalue weighted by molar-refractivity contribution is -0.178. The zero-order chi connectivity index (χ0) is 16.9. The average molecular weight is 330 g/mol. The van der Waals surface area contributed by atoms with Gasteiger partial charge in [-0.2, -0.15) is 0 Å². The van der Waals surface area contributed by atoms with E-state index < -0.39 is 5.60 Å². The molecule has 2 aromatic rings. The Morgan fingerprint density at radius 2 is 2.21 bits per heavy atom. The van der Waals surface area contributed by atoms with Crippen molar-refractivity contribution in [2.45, 2.75) is 63.1 Å². The highest BCUT2D eigenvalue weighted by Gasteiger charge is 2.54. The van der Waals surface area contributed by atoms with Gasteiger partial charge in [0.15, 0.2) is 0 Å². The van der Waals surface area contributed by atoms with E-state index in [-0.39, 0.29) is 23.8 Å². The molecule has 1 saturated carbocycles. The molecule has 3 aliphatic rings. The summed E-state index contributed by atoms with van der Waals surface area (Å²) in [6.07, 6.45) is 5.68. The molecule has 2 aliphatic heterocycles. The number of hydrogen-bond acceptors (Lipinski definition) is 2. The smallest absolute Gasteiger partial charge is 0.223 e. The van der Waals surface area contributed by atoms with E-state index in [0.717, 1.165) is 17.5 Å². The molecule has 1 atom stereocenters. The Balaban J connectivity index is 1.48. The van der Waals surface area contributed by atoms with Crippen molar-refractivity contribution < 1.29 is 14.3 Å². The van der Waals surface area contributed by atoms with Gasteiger partial charge in [0.1, 0.15) is 5.82 Å². The fourth-order valence-corrected chi connectivity index (χ4v) is 4.54. The van der Waals surface area contributed by atoms with E-state index in [0.29, 0.717) is 37.5 Å². The Morgan fingerprint density at radius 1 is 1.42 bits per heavy atom. The van der Waals surface area contributed by atoms with Gasteiger partial charge in [0, 0.05) is 35.6 Å². The number of H-pyrrole nitrogens is 1. The number of carbonyl (C=O) groups is 1. The third kappa shape index (κ3) is 2.42. The molecule has 1 aromatic carbocycles. The standard InChI is InChI=1S/C19H23FN2O2/c1-2-13-8-19(24)9-14(10-19)22(13)17(23)7-6-12-11-21-16-5-3-4-15(20)18(12)16/h3-5,11,13-14,21,24H,2,6-10H2,1H3. The summed E-state index contributed by atoms with van der Waals surface area (Å²) in [5.41, 5.74) is 1.08. The molecule has 5 heteroatoms. The first kappa shape index (κ1) is 15.6. The zero-order valence-corrected chi connectivity index (χ0v) is 13.9. The maximum atomic E-state index is 14.0. The van der Waals surface area contributed by atoms with Gasteiger partial charge in [0.2, 0.25) is 5.91 Å². The Labute approximate surface area is 140 Å². The molecule has 5 rings (SSSR count). The molecule has 3 fully saturated rings. The monoisotopic (exact) mass is 330 g/mol. The van der Waals surface area contributed by atoms with Gasteiger partial charge in [0.25, 0.3) is 0 Å². The first-order valence-electron chi connectivity index (χ1n) is 8.79. The van der Waals surface area contributed by atoms with E-state index in [9.17, 15) is 14.3 Å². The number of piperidine rings is 2. The number of aromatic amines is 1. The van der Waals surface area contributed by atoms with Gasteiger partial charge in [-0.1, -0.05) is 13.0 Å². The number of nitrogens with zero attached hydrogens (tertiary/aromatic N) is 1. The van der Waals surface area contributed by atoms with Crippen LogP contribution in [-0.2, 0) is 11.2 Å². The summed E-state index contributed by atoms with van der Waals surface area (Å²) in [5, 5.41) is 10.9. The van der Waals surface area contributed by atoms with Crippen LogP contribution in [0.15, 0.2) is 24.4 Å². The minimum absolute atomic E-state index is 0.124. The van der Waals surface area contributed by atoms with Crippen molar-refractivity contribution in [3.05, 3.63) is 35.8 Å². The highest BCUT2D eigenvalue weighted by molar-refractivity contribution is 5.85. The highest BCUT2D eigenvalue weighted by atomic mass is 19.1. The van der Waals surface area contributed by atoms with E-state index in [2.05, 4.69) is 11.9 Å². The molecule has 2 saturated heterocycles. The normalized spacial score (nSPS) is 28.9. The van der Waals surface area contributed by atoms with Gasteiger partial charge in [-0.15, -0.1) is 0 Å². The largest absolute Gasteiger partial charge is 0.390 e. The summed E-state index contributed by atoms with van der Waals surface area (Å²) < 4.78 is 14.0. The second-order valence-corrected chi connectivity index (χ2v) is 7.33. The lowest BCUT2D eigenvalue weighted by Crippen LogP contribution is -2.67. The summed E-state index contributed by atoms with van der Waals surface area (Å²) in [7, 11) is 0. The molecule has 3 heterocycles. The molecule has 1 aromatic heterocycles. The van der Waals surface area contributed by atoms with Crippen LogP contribution < -0.4 is 0 Å². The number of amides is 1. The van der Waals surface area contributed by atoms with Crippen molar-refractivity contribution in [1.82, 2.24) is 9.88 Å². The summed E-state index contributed by atoms with van der Waals surface area (Å²) >= 11 is 0. The lowest BCUT2D eigenvalue weighted by atomic mass is 9.66. The number of nitrogens with one attached hydrogen (secondary N) is 1. The lowest BCUT2D eigenvalue weighted by Gasteiger charge is -2.58. The van der Waals surface area contributed by atoms with E-state index >= 15 is 0 Å². The van der Waals surface area contributed by atoms with Gasteiger partial charge >= 0.3 is 0 Å². The second kappa shape index (κ2) is 5.59. The second-order valence-electron chi connectivity index (χ2n) is 7.33. The van der Waals surface area contributed by atoms with Gasteiger partial charge in [-0.3, -0.25) is 4.79 Å². The number of benzene rings is 1. The van der Waals surface area contributed by atoms with E-state index in [1.165, 1.54) is 6.07 Å². The number of hydrogen-bond donors (Lipinski definition) is 2. The molecule has 1 aliphatic carbocycles. The number of halogens is 1. The van der Waals surface area contributed by atoms with Crippen molar-refractivity contribution in [3.8, 4) is 0 Å². The minimum Gasteiger partial charge on any atom is -0.390 e. The Bertz CT molecular complexity index is 779. The topological polar surface area (TPSA) is 56.3 Å². The van der Waals surface area contributed by atoms with Crippen LogP contribution >= 0.6 is 0 Å². The molecule has 4 nitrogen and oxygen atoms in total. The molecule has 0 radical (unpaired) electrons. The summed E-state index contributed by atoms with van der Waals surface area (Å²) in [6, 6.07) is 5.29. The molecule has 1 amide bonds. The van der Waals surface area contributed by atoms with E-state index in [1.54, 1.807) is 12.3 Å². The number of aromatic nitrogens is 1.